The summed E-state index contributed by atoms with van der Waals surface area (Å²) in [4.78, 5) is 37.3. The third kappa shape index (κ3) is 4.89. The third-order valence-corrected chi connectivity index (χ3v) is 6.47. The molecule has 0 spiro atoms. The number of ether oxygens (including phenoxy) is 1. The van der Waals surface area contributed by atoms with Gasteiger partial charge in [0.1, 0.15) is 27.8 Å². The van der Waals surface area contributed by atoms with Gasteiger partial charge in [0.2, 0.25) is 0 Å². The van der Waals surface area contributed by atoms with Crippen LogP contribution in [0.2, 0.25) is 0 Å². The Morgan fingerprint density at radius 3 is 2.71 bits per heavy atom. The van der Waals surface area contributed by atoms with Gasteiger partial charge in [-0.25, -0.2) is 9.97 Å². The van der Waals surface area contributed by atoms with Crippen molar-refractivity contribution in [3.63, 3.8) is 0 Å². The first-order chi connectivity index (χ1) is 15.0. The van der Waals surface area contributed by atoms with Gasteiger partial charge < -0.3 is 15.0 Å². The van der Waals surface area contributed by atoms with E-state index in [9.17, 15) is 9.59 Å². The molecule has 3 aromatic heterocycles. The monoisotopic (exact) mass is 452 g/mol. The van der Waals surface area contributed by atoms with Crippen molar-refractivity contribution in [3.8, 4) is 16.3 Å². The molecule has 0 atom stereocenters. The average molecular weight is 453 g/mol. The Hall–Kier alpha value is -3.30. The Morgan fingerprint density at radius 2 is 1.97 bits per heavy atom. The van der Waals surface area contributed by atoms with E-state index in [1.54, 1.807) is 24.3 Å². The first-order valence-electron chi connectivity index (χ1n) is 9.56. The third-order valence-electron chi connectivity index (χ3n) is 4.48. The number of carbonyl (C=O) groups excluding carboxylic acids is 1. The van der Waals surface area contributed by atoms with Crippen LogP contribution in [0.5, 0.6) is 5.75 Å². The van der Waals surface area contributed by atoms with Crippen LogP contribution >= 0.6 is 22.7 Å². The summed E-state index contributed by atoms with van der Waals surface area (Å²) in [6.45, 7) is 4.35. The summed E-state index contributed by atoms with van der Waals surface area (Å²) in [5.41, 5.74) is 2.35. The van der Waals surface area contributed by atoms with Crippen molar-refractivity contribution in [2.24, 2.45) is 0 Å². The summed E-state index contributed by atoms with van der Waals surface area (Å²) < 4.78 is 5.88. The van der Waals surface area contributed by atoms with Crippen LogP contribution in [0.25, 0.3) is 10.6 Å². The predicted octanol–water partition coefficient (Wildman–Crippen LogP) is 4.08. The minimum absolute atomic E-state index is 0.224. The van der Waals surface area contributed by atoms with Gasteiger partial charge in [-0.15, -0.1) is 22.7 Å². The van der Waals surface area contributed by atoms with E-state index in [-0.39, 0.29) is 18.1 Å². The average Bonchev–Trinajstić information content (AvgIpc) is 3.36. The molecule has 4 rings (SSSR count). The molecule has 158 valence electrons. The molecule has 7 nitrogen and oxygen atoms in total. The summed E-state index contributed by atoms with van der Waals surface area (Å²) in [7, 11) is 0. The number of nitrogens with zero attached hydrogens (tertiary/aromatic N) is 2. The van der Waals surface area contributed by atoms with Gasteiger partial charge in [-0.3, -0.25) is 9.59 Å². The van der Waals surface area contributed by atoms with Crippen LogP contribution in [0, 0.1) is 13.8 Å². The molecule has 0 fully saturated rings. The summed E-state index contributed by atoms with van der Waals surface area (Å²) in [6, 6.07) is 11.4. The Bertz CT molecular complexity index is 1260. The van der Waals surface area contributed by atoms with Gasteiger partial charge in [0.05, 0.1) is 16.4 Å². The molecular weight excluding hydrogens is 432 g/mol. The number of hydrogen-bond donors (Lipinski definition) is 2. The molecule has 2 N–H and O–H groups in total. The first kappa shape index (κ1) is 21.0. The lowest BCUT2D eigenvalue weighted by molar-refractivity contribution is 0.0954. The zero-order valence-corrected chi connectivity index (χ0v) is 18.6. The Morgan fingerprint density at radius 1 is 1.16 bits per heavy atom. The number of aromatic nitrogens is 3. The molecule has 0 saturated carbocycles. The number of rotatable bonds is 7. The van der Waals surface area contributed by atoms with Gasteiger partial charge in [-0.2, -0.15) is 0 Å². The molecule has 0 bridgehead atoms. The van der Waals surface area contributed by atoms with Crippen molar-refractivity contribution in [3.05, 3.63) is 85.2 Å². The summed E-state index contributed by atoms with van der Waals surface area (Å²) in [5.74, 6) is 0.178. The van der Waals surface area contributed by atoms with Crippen LogP contribution < -0.4 is 15.6 Å². The Kier molecular flexibility index (Phi) is 6.24. The molecule has 9 heteroatoms. The SMILES string of the molecule is Cc1nc(COc2cc[nH]c(=O)c2-c2nc(C)c(C(=O)NCc3ccccc3)s2)cs1. The Balaban J connectivity index is 1.56. The zero-order valence-electron chi connectivity index (χ0n) is 17.0. The topological polar surface area (TPSA) is 97.0 Å². The van der Waals surface area contributed by atoms with E-state index >= 15 is 0 Å². The molecule has 0 radical (unpaired) electrons. The molecule has 3 heterocycles. The zero-order chi connectivity index (χ0) is 21.8. The maximum Gasteiger partial charge on any atom is 0.263 e. The summed E-state index contributed by atoms with van der Waals surface area (Å²) >= 11 is 2.71. The number of H-pyrrole nitrogens is 1. The van der Waals surface area contributed by atoms with Gasteiger partial charge >= 0.3 is 0 Å². The number of aromatic amines is 1. The standard InChI is InChI=1S/C22H20N4O3S2/c1-13-19(21(28)24-10-15-6-4-3-5-7-15)31-22(25-13)18-17(8-9-23-20(18)27)29-11-16-12-30-14(2)26-16/h3-9,12H,10-11H2,1-2H3,(H,23,27)(H,24,28). The fourth-order valence-corrected chi connectivity index (χ4v) is 4.61. The van der Waals surface area contributed by atoms with E-state index in [0.29, 0.717) is 33.4 Å². The van der Waals surface area contributed by atoms with E-state index in [4.69, 9.17) is 4.74 Å². The maximum absolute atomic E-state index is 12.7. The second-order valence-electron chi connectivity index (χ2n) is 6.79. The number of hydrogen-bond acceptors (Lipinski definition) is 7. The highest BCUT2D eigenvalue weighted by Gasteiger charge is 2.21. The molecule has 1 amide bonds. The lowest BCUT2D eigenvalue weighted by atomic mass is 10.2. The number of aryl methyl sites for hydroxylation is 2. The molecule has 0 aliphatic rings. The second-order valence-corrected chi connectivity index (χ2v) is 8.86. The van der Waals surface area contributed by atoms with Crippen LogP contribution in [0.15, 0.2) is 52.8 Å². The second kappa shape index (κ2) is 9.23. The lowest BCUT2D eigenvalue weighted by Crippen LogP contribution is -2.22. The van der Waals surface area contributed by atoms with Crippen molar-refractivity contribution >= 4 is 28.6 Å². The van der Waals surface area contributed by atoms with Gasteiger partial charge in [-0.05, 0) is 25.5 Å². The Labute approximate surface area is 186 Å². The lowest BCUT2D eigenvalue weighted by Gasteiger charge is -2.07. The smallest absolute Gasteiger partial charge is 0.263 e. The minimum Gasteiger partial charge on any atom is -0.486 e. The number of amides is 1. The summed E-state index contributed by atoms with van der Waals surface area (Å²) in [6.07, 6.45) is 1.53. The van der Waals surface area contributed by atoms with E-state index < -0.39 is 0 Å². The number of thiazole rings is 2. The number of carbonyl (C=O) groups is 1. The molecule has 1 aromatic carbocycles. The van der Waals surface area contributed by atoms with Crippen molar-refractivity contribution in [1.82, 2.24) is 20.3 Å². The van der Waals surface area contributed by atoms with E-state index in [0.717, 1.165) is 16.3 Å². The molecule has 0 saturated heterocycles. The highest BCUT2D eigenvalue weighted by Crippen LogP contribution is 2.32. The molecule has 0 aliphatic heterocycles. The van der Waals surface area contributed by atoms with E-state index in [1.807, 2.05) is 42.6 Å². The van der Waals surface area contributed by atoms with Crippen molar-refractivity contribution in [2.45, 2.75) is 27.0 Å². The quantitative estimate of drug-likeness (QED) is 0.440. The van der Waals surface area contributed by atoms with Gasteiger partial charge in [0.25, 0.3) is 11.5 Å². The van der Waals surface area contributed by atoms with E-state index in [2.05, 4.69) is 20.3 Å². The van der Waals surface area contributed by atoms with Crippen LogP contribution in [-0.2, 0) is 13.2 Å². The molecular formula is C22H20N4O3S2. The highest BCUT2D eigenvalue weighted by molar-refractivity contribution is 7.17. The fraction of sp³-hybridized carbons (Fsp3) is 0.182. The normalized spacial score (nSPS) is 10.8. The molecule has 0 unspecified atom stereocenters. The van der Waals surface area contributed by atoms with Gasteiger partial charge in [0.15, 0.2) is 0 Å². The van der Waals surface area contributed by atoms with Crippen LogP contribution in [0.3, 0.4) is 0 Å². The van der Waals surface area contributed by atoms with Crippen LogP contribution in [0.1, 0.15) is 31.6 Å². The number of nitrogens with one attached hydrogen (secondary N) is 2. The van der Waals surface area contributed by atoms with Gasteiger partial charge in [-0.1, -0.05) is 30.3 Å². The van der Waals surface area contributed by atoms with Crippen molar-refractivity contribution in [2.75, 3.05) is 0 Å². The fourth-order valence-electron chi connectivity index (χ4n) is 2.98. The van der Waals surface area contributed by atoms with Crippen LogP contribution in [0.4, 0.5) is 0 Å². The van der Waals surface area contributed by atoms with E-state index in [1.165, 1.54) is 17.5 Å². The minimum atomic E-state index is -0.322. The highest BCUT2D eigenvalue weighted by atomic mass is 32.1. The van der Waals surface area contributed by atoms with Crippen molar-refractivity contribution in [1.29, 1.82) is 0 Å². The maximum atomic E-state index is 12.7. The van der Waals surface area contributed by atoms with Crippen molar-refractivity contribution < 1.29 is 9.53 Å². The first-order valence-corrected chi connectivity index (χ1v) is 11.3. The molecule has 31 heavy (non-hydrogen) atoms. The van der Waals surface area contributed by atoms with Crippen LogP contribution in [-0.4, -0.2) is 20.9 Å². The largest absolute Gasteiger partial charge is 0.486 e. The van der Waals surface area contributed by atoms with Gasteiger partial charge in [0, 0.05) is 18.1 Å². The predicted molar refractivity (Wildman–Crippen MR) is 122 cm³/mol. The molecule has 0 aliphatic carbocycles. The molecule has 4 aromatic rings. The summed E-state index contributed by atoms with van der Waals surface area (Å²) in [5, 5.41) is 6.22. The number of benzene rings is 1. The number of pyridine rings is 1.